The van der Waals surface area contributed by atoms with Gasteiger partial charge in [-0.2, -0.15) is 0 Å². The van der Waals surface area contributed by atoms with Gasteiger partial charge in [0.1, 0.15) is 28.6 Å². The molecular weight excluding hydrogens is 537 g/mol. The lowest BCUT2D eigenvalue weighted by atomic mass is 10.1. The molecule has 0 aliphatic carbocycles. The molecule has 1 aliphatic rings. The van der Waals surface area contributed by atoms with Gasteiger partial charge in [0.05, 0.1) is 10.6 Å². The van der Waals surface area contributed by atoms with Gasteiger partial charge in [0.15, 0.2) is 5.11 Å². The fourth-order valence-corrected chi connectivity index (χ4v) is 4.14. The van der Waals surface area contributed by atoms with Gasteiger partial charge in [-0.05, 0) is 78.5 Å². The van der Waals surface area contributed by atoms with E-state index in [1.807, 2.05) is 18.2 Å². The Hall–Kier alpha value is -5.42. The average Bonchev–Trinajstić information content (AvgIpc) is 2.93. The first-order valence-corrected chi connectivity index (χ1v) is 12.2. The predicted octanol–water partition coefficient (Wildman–Crippen LogP) is 6.15. The van der Waals surface area contributed by atoms with Crippen LogP contribution >= 0.6 is 12.2 Å². The molecular formula is C29H18FN3O6S. The van der Waals surface area contributed by atoms with Crippen LogP contribution in [-0.4, -0.2) is 21.9 Å². The maximum Gasteiger partial charge on any atom is 0.312 e. The lowest BCUT2D eigenvalue weighted by Crippen LogP contribution is -2.54. The molecule has 1 saturated heterocycles. The fraction of sp³-hybridized carbons (Fsp3) is 0. The van der Waals surface area contributed by atoms with E-state index in [2.05, 4.69) is 5.32 Å². The summed E-state index contributed by atoms with van der Waals surface area (Å²) in [7, 11) is 0. The summed E-state index contributed by atoms with van der Waals surface area (Å²) >= 11 is 5.24. The van der Waals surface area contributed by atoms with Crippen LogP contribution in [0.3, 0.4) is 0 Å². The molecule has 1 N–H and O–H groups in total. The van der Waals surface area contributed by atoms with Gasteiger partial charge in [0.2, 0.25) is 5.75 Å². The number of thiocarbonyl (C=S) groups is 1. The van der Waals surface area contributed by atoms with E-state index in [4.69, 9.17) is 21.7 Å². The number of ether oxygens (including phenoxy) is 2. The number of benzene rings is 4. The van der Waals surface area contributed by atoms with Crippen LogP contribution in [0.2, 0.25) is 0 Å². The van der Waals surface area contributed by atoms with Gasteiger partial charge < -0.3 is 9.47 Å². The number of carbonyl (C=O) groups is 2. The maximum atomic E-state index is 13.5. The van der Waals surface area contributed by atoms with Crippen molar-refractivity contribution in [1.82, 2.24) is 5.32 Å². The molecule has 198 valence electrons. The first-order valence-electron chi connectivity index (χ1n) is 11.7. The van der Waals surface area contributed by atoms with Crippen molar-refractivity contribution in [2.75, 3.05) is 4.90 Å². The van der Waals surface area contributed by atoms with E-state index in [1.54, 1.807) is 36.4 Å². The molecule has 1 heterocycles. The Balaban J connectivity index is 1.41. The first-order chi connectivity index (χ1) is 19.3. The molecule has 1 fully saturated rings. The van der Waals surface area contributed by atoms with Crippen LogP contribution in [0.5, 0.6) is 23.0 Å². The van der Waals surface area contributed by atoms with Crippen molar-refractivity contribution in [2.45, 2.75) is 0 Å². The van der Waals surface area contributed by atoms with Crippen molar-refractivity contribution in [3.8, 4) is 23.0 Å². The van der Waals surface area contributed by atoms with E-state index >= 15 is 0 Å². The Labute approximate surface area is 232 Å². The van der Waals surface area contributed by atoms with E-state index in [9.17, 15) is 24.1 Å². The molecule has 0 saturated carbocycles. The van der Waals surface area contributed by atoms with Crippen LogP contribution in [0, 0.1) is 15.9 Å². The molecule has 11 heteroatoms. The SMILES string of the molecule is O=C1NC(=S)N(c2ccc(Oc3ccccc3)cc2)C(=O)/C1=C/c1ccc(Oc2cccc(F)c2)c([N+](=O)[O-])c1. The van der Waals surface area contributed by atoms with Gasteiger partial charge in [0.25, 0.3) is 11.8 Å². The van der Waals surface area contributed by atoms with Crippen molar-refractivity contribution in [3.63, 3.8) is 0 Å². The van der Waals surface area contributed by atoms with Crippen molar-refractivity contribution < 1.29 is 28.4 Å². The van der Waals surface area contributed by atoms with Gasteiger partial charge in [-0.15, -0.1) is 0 Å². The second-order valence-electron chi connectivity index (χ2n) is 8.41. The normalized spacial score (nSPS) is 14.2. The molecule has 5 rings (SSSR count). The van der Waals surface area contributed by atoms with Crippen LogP contribution in [-0.2, 0) is 9.59 Å². The molecule has 0 unspecified atom stereocenters. The van der Waals surface area contributed by atoms with Crippen LogP contribution in [0.15, 0.2) is 103 Å². The van der Waals surface area contributed by atoms with E-state index in [1.165, 1.54) is 36.4 Å². The number of amides is 2. The van der Waals surface area contributed by atoms with Crippen LogP contribution in [0.25, 0.3) is 6.08 Å². The number of rotatable bonds is 7. The molecule has 40 heavy (non-hydrogen) atoms. The van der Waals surface area contributed by atoms with E-state index in [0.717, 1.165) is 17.0 Å². The molecule has 0 aromatic heterocycles. The third kappa shape index (κ3) is 5.69. The van der Waals surface area contributed by atoms with Crippen molar-refractivity contribution in [1.29, 1.82) is 0 Å². The summed E-state index contributed by atoms with van der Waals surface area (Å²) in [6.45, 7) is 0. The van der Waals surface area contributed by atoms with Gasteiger partial charge in [-0.3, -0.25) is 29.9 Å². The molecule has 2 amide bonds. The monoisotopic (exact) mass is 555 g/mol. The zero-order valence-corrected chi connectivity index (χ0v) is 21.3. The fourth-order valence-electron chi connectivity index (χ4n) is 3.86. The Kier molecular flexibility index (Phi) is 7.29. The molecule has 0 radical (unpaired) electrons. The summed E-state index contributed by atoms with van der Waals surface area (Å²) in [4.78, 5) is 38.2. The highest BCUT2D eigenvalue weighted by atomic mass is 32.1. The molecule has 0 bridgehead atoms. The largest absolute Gasteiger partial charge is 0.457 e. The minimum Gasteiger partial charge on any atom is -0.457 e. The van der Waals surface area contributed by atoms with Crippen molar-refractivity contribution in [3.05, 3.63) is 124 Å². The van der Waals surface area contributed by atoms with E-state index < -0.39 is 28.2 Å². The number of halogens is 1. The van der Waals surface area contributed by atoms with Gasteiger partial charge in [0, 0.05) is 12.1 Å². The minimum absolute atomic E-state index is 0.0698. The second kappa shape index (κ2) is 11.1. The lowest BCUT2D eigenvalue weighted by Gasteiger charge is -2.29. The Morgan fingerprint density at radius 1 is 0.850 bits per heavy atom. The third-order valence-electron chi connectivity index (χ3n) is 5.69. The molecule has 1 aliphatic heterocycles. The number of para-hydroxylation sites is 1. The van der Waals surface area contributed by atoms with Crippen molar-refractivity contribution >= 4 is 46.6 Å². The predicted molar refractivity (Wildman–Crippen MR) is 149 cm³/mol. The zero-order chi connectivity index (χ0) is 28.2. The number of nitrogens with zero attached hydrogens (tertiary/aromatic N) is 2. The van der Waals surface area contributed by atoms with Crippen LogP contribution in [0.1, 0.15) is 5.56 Å². The minimum atomic E-state index is -0.752. The highest BCUT2D eigenvalue weighted by Crippen LogP contribution is 2.34. The second-order valence-corrected chi connectivity index (χ2v) is 8.80. The number of anilines is 1. The smallest absolute Gasteiger partial charge is 0.312 e. The third-order valence-corrected chi connectivity index (χ3v) is 5.97. The van der Waals surface area contributed by atoms with Crippen LogP contribution < -0.4 is 19.7 Å². The zero-order valence-electron chi connectivity index (χ0n) is 20.4. The average molecular weight is 556 g/mol. The Morgan fingerprint density at radius 2 is 1.55 bits per heavy atom. The number of nitrogens with one attached hydrogen (secondary N) is 1. The lowest BCUT2D eigenvalue weighted by molar-refractivity contribution is -0.385. The number of nitro groups is 1. The topological polar surface area (TPSA) is 111 Å². The molecule has 9 nitrogen and oxygen atoms in total. The highest BCUT2D eigenvalue weighted by molar-refractivity contribution is 7.80. The molecule has 4 aromatic carbocycles. The Bertz CT molecular complexity index is 1680. The number of nitro benzene ring substituents is 1. The van der Waals surface area contributed by atoms with Gasteiger partial charge >= 0.3 is 5.69 Å². The summed E-state index contributed by atoms with van der Waals surface area (Å²) in [5.41, 5.74) is -0.155. The first kappa shape index (κ1) is 26.2. The standard InChI is InChI=1S/C29H18FN3O6S/c30-19-5-4-8-23(17-19)39-26-14-9-18(16-25(26)33(36)37)15-24-27(34)31-29(40)32(28(24)35)20-10-12-22(13-11-20)38-21-6-2-1-3-7-21/h1-17H,(H,31,34,40)/b24-15+. The summed E-state index contributed by atoms with van der Waals surface area (Å²) < 4.78 is 24.8. The maximum absolute atomic E-state index is 13.5. The van der Waals surface area contributed by atoms with Crippen LogP contribution in [0.4, 0.5) is 15.8 Å². The number of carbonyl (C=O) groups excluding carboxylic acids is 2. The quantitative estimate of drug-likeness (QED) is 0.0957. The number of hydrogen-bond donors (Lipinski definition) is 1. The summed E-state index contributed by atoms with van der Waals surface area (Å²) in [5.74, 6) is -0.940. The van der Waals surface area contributed by atoms with Gasteiger partial charge in [-0.1, -0.05) is 30.3 Å². The number of hydrogen-bond acceptors (Lipinski definition) is 7. The van der Waals surface area contributed by atoms with E-state index in [-0.39, 0.29) is 27.7 Å². The summed E-state index contributed by atoms with van der Waals surface area (Å²) in [6, 6.07) is 24.7. The summed E-state index contributed by atoms with van der Waals surface area (Å²) in [5, 5.41) is 14.1. The van der Waals surface area contributed by atoms with E-state index in [0.29, 0.717) is 17.2 Å². The van der Waals surface area contributed by atoms with Gasteiger partial charge in [-0.25, -0.2) is 4.39 Å². The summed E-state index contributed by atoms with van der Waals surface area (Å²) in [6.07, 6.45) is 1.22. The molecule has 4 aromatic rings. The highest BCUT2D eigenvalue weighted by Gasteiger charge is 2.34. The Morgan fingerprint density at radius 3 is 2.25 bits per heavy atom. The molecule has 0 spiro atoms. The van der Waals surface area contributed by atoms with Crippen molar-refractivity contribution in [2.24, 2.45) is 0 Å². The molecule has 0 atom stereocenters.